The smallest absolute Gasteiger partial charge is 0.255 e. The van der Waals surface area contributed by atoms with Gasteiger partial charge in [-0.3, -0.25) is 4.79 Å². The Morgan fingerprint density at radius 3 is 2.71 bits per heavy atom. The lowest BCUT2D eigenvalue weighted by atomic mass is 10.0. The molecular weight excluding hydrogens is 374 g/mol. The summed E-state index contributed by atoms with van der Waals surface area (Å²) in [5.41, 5.74) is 3.36. The van der Waals surface area contributed by atoms with E-state index in [1.807, 2.05) is 38.1 Å². The van der Waals surface area contributed by atoms with Crippen LogP contribution in [0, 0.1) is 19.8 Å². The van der Waals surface area contributed by atoms with E-state index in [9.17, 15) is 4.79 Å². The van der Waals surface area contributed by atoms with Gasteiger partial charge in [-0.1, -0.05) is 26.0 Å². The zero-order chi connectivity index (χ0) is 19.8. The van der Waals surface area contributed by atoms with E-state index in [4.69, 9.17) is 0 Å². The number of aromatic amines is 1. The maximum Gasteiger partial charge on any atom is 0.255 e. The number of H-pyrrole nitrogens is 1. The first-order chi connectivity index (χ1) is 13.5. The highest BCUT2D eigenvalue weighted by Crippen LogP contribution is 2.31. The molecule has 3 heterocycles. The number of hydrogen-bond acceptors (Lipinski definition) is 6. The van der Waals surface area contributed by atoms with Gasteiger partial charge >= 0.3 is 0 Å². The van der Waals surface area contributed by atoms with Gasteiger partial charge in [-0.25, -0.2) is 4.98 Å². The molecule has 144 valence electrons. The lowest BCUT2D eigenvalue weighted by molar-refractivity contribution is 0.0923. The lowest BCUT2D eigenvalue weighted by Crippen LogP contribution is -2.33. The number of benzene rings is 1. The molecule has 0 radical (unpaired) electrons. The van der Waals surface area contributed by atoms with Crippen molar-refractivity contribution < 1.29 is 4.79 Å². The predicted octanol–water partition coefficient (Wildman–Crippen LogP) is 3.34. The molecule has 0 aliphatic carbocycles. The first kappa shape index (κ1) is 18.3. The molecule has 4 rings (SSSR count). The Hall–Kier alpha value is -3.07. The standard InChI is InChI=1S/C19H21N7OS/c1-10(2)16(17-21-13-7-5-6-8-14(13)22-17)23-18(27)15-11(3)12(4)28-19(15)26-9-20-24-25-26/h5-10,16H,1-4H3,(H,21,22)(H,23,27)/t16-/m0/s1. The van der Waals surface area contributed by atoms with Crippen molar-refractivity contribution in [2.75, 3.05) is 0 Å². The monoisotopic (exact) mass is 395 g/mol. The second-order valence-corrected chi connectivity index (χ2v) is 8.26. The van der Waals surface area contributed by atoms with E-state index in [-0.39, 0.29) is 17.9 Å². The van der Waals surface area contributed by atoms with Crippen molar-refractivity contribution in [1.82, 2.24) is 35.5 Å². The summed E-state index contributed by atoms with van der Waals surface area (Å²) in [4.78, 5) is 22.3. The fourth-order valence-electron chi connectivity index (χ4n) is 3.18. The molecule has 1 aromatic carbocycles. The summed E-state index contributed by atoms with van der Waals surface area (Å²) >= 11 is 1.50. The topological polar surface area (TPSA) is 101 Å². The molecule has 28 heavy (non-hydrogen) atoms. The molecule has 0 bridgehead atoms. The minimum Gasteiger partial charge on any atom is -0.342 e. The molecule has 0 spiro atoms. The average Bonchev–Trinajstić information content (AvgIpc) is 3.38. The maximum absolute atomic E-state index is 13.3. The Kier molecular flexibility index (Phi) is 4.68. The Balaban J connectivity index is 1.70. The number of fused-ring (bicyclic) bond motifs is 1. The van der Waals surface area contributed by atoms with Crippen molar-refractivity contribution in [3.8, 4) is 5.00 Å². The first-order valence-electron chi connectivity index (χ1n) is 9.04. The van der Waals surface area contributed by atoms with Gasteiger partial charge in [0.05, 0.1) is 22.6 Å². The Morgan fingerprint density at radius 2 is 2.04 bits per heavy atom. The number of nitrogens with zero attached hydrogens (tertiary/aromatic N) is 5. The van der Waals surface area contributed by atoms with Crippen LogP contribution in [0.15, 0.2) is 30.6 Å². The number of thiophene rings is 1. The van der Waals surface area contributed by atoms with Crippen molar-refractivity contribution in [2.24, 2.45) is 5.92 Å². The summed E-state index contributed by atoms with van der Waals surface area (Å²) in [6.07, 6.45) is 1.50. The number of tetrazole rings is 1. The largest absolute Gasteiger partial charge is 0.342 e. The summed E-state index contributed by atoms with van der Waals surface area (Å²) in [5, 5.41) is 15.2. The van der Waals surface area contributed by atoms with Crippen molar-refractivity contribution in [1.29, 1.82) is 0 Å². The number of nitrogens with one attached hydrogen (secondary N) is 2. The predicted molar refractivity (Wildman–Crippen MR) is 108 cm³/mol. The molecule has 0 saturated heterocycles. The number of hydrogen-bond donors (Lipinski definition) is 2. The molecule has 0 aliphatic heterocycles. The highest BCUT2D eigenvalue weighted by Gasteiger charge is 2.27. The minimum atomic E-state index is -0.249. The quantitative estimate of drug-likeness (QED) is 0.540. The van der Waals surface area contributed by atoms with Gasteiger partial charge < -0.3 is 10.3 Å². The number of rotatable bonds is 5. The normalized spacial score (nSPS) is 12.6. The van der Waals surface area contributed by atoms with Crippen LogP contribution in [0.25, 0.3) is 16.0 Å². The van der Waals surface area contributed by atoms with Crippen molar-refractivity contribution in [3.63, 3.8) is 0 Å². The van der Waals surface area contributed by atoms with Crippen LogP contribution >= 0.6 is 11.3 Å². The Morgan fingerprint density at radius 1 is 1.25 bits per heavy atom. The van der Waals surface area contributed by atoms with E-state index in [0.717, 1.165) is 27.3 Å². The number of aromatic nitrogens is 6. The van der Waals surface area contributed by atoms with Gasteiger partial charge in [-0.15, -0.1) is 16.4 Å². The third-order valence-corrected chi connectivity index (χ3v) is 6.00. The van der Waals surface area contributed by atoms with Gasteiger partial charge in [0.25, 0.3) is 5.91 Å². The van der Waals surface area contributed by atoms with Crippen LogP contribution in [-0.4, -0.2) is 36.1 Å². The zero-order valence-corrected chi connectivity index (χ0v) is 16.9. The van der Waals surface area contributed by atoms with Crippen LogP contribution in [-0.2, 0) is 0 Å². The highest BCUT2D eigenvalue weighted by molar-refractivity contribution is 7.15. The van der Waals surface area contributed by atoms with E-state index < -0.39 is 0 Å². The van der Waals surface area contributed by atoms with Gasteiger partial charge in [-0.2, -0.15) is 4.68 Å². The molecule has 2 N–H and O–H groups in total. The number of para-hydroxylation sites is 2. The number of aryl methyl sites for hydroxylation is 1. The van der Waals surface area contributed by atoms with Crippen LogP contribution in [0.4, 0.5) is 0 Å². The fraction of sp³-hybridized carbons (Fsp3) is 0.316. The number of carbonyl (C=O) groups excluding carboxylic acids is 1. The lowest BCUT2D eigenvalue weighted by Gasteiger charge is -2.20. The number of imidazole rings is 1. The van der Waals surface area contributed by atoms with Crippen LogP contribution in [0.3, 0.4) is 0 Å². The molecule has 8 nitrogen and oxygen atoms in total. The third kappa shape index (κ3) is 3.18. The summed E-state index contributed by atoms with van der Waals surface area (Å²) in [6.45, 7) is 8.06. The van der Waals surface area contributed by atoms with Crippen LogP contribution in [0.2, 0.25) is 0 Å². The second kappa shape index (κ2) is 7.16. The van der Waals surface area contributed by atoms with Gasteiger partial charge in [0.2, 0.25) is 0 Å². The second-order valence-electron chi connectivity index (χ2n) is 7.05. The Bertz CT molecular complexity index is 1090. The average molecular weight is 395 g/mol. The van der Waals surface area contributed by atoms with Gasteiger partial charge in [0, 0.05) is 4.88 Å². The zero-order valence-electron chi connectivity index (χ0n) is 16.1. The molecule has 9 heteroatoms. The van der Waals surface area contributed by atoms with Crippen LogP contribution < -0.4 is 5.32 Å². The Labute approximate surface area is 166 Å². The molecule has 0 aliphatic rings. The summed E-state index contributed by atoms with van der Waals surface area (Å²) in [6, 6.07) is 7.60. The van der Waals surface area contributed by atoms with Gasteiger partial charge in [-0.05, 0) is 47.9 Å². The van der Waals surface area contributed by atoms with E-state index in [1.165, 1.54) is 22.3 Å². The summed E-state index contributed by atoms with van der Waals surface area (Å²) in [5.74, 6) is 0.741. The molecule has 1 amide bonds. The third-order valence-electron chi connectivity index (χ3n) is 4.81. The van der Waals surface area contributed by atoms with Gasteiger partial charge in [0.15, 0.2) is 0 Å². The number of carbonyl (C=O) groups is 1. The first-order valence-corrected chi connectivity index (χ1v) is 9.86. The van der Waals surface area contributed by atoms with E-state index >= 15 is 0 Å². The molecule has 4 aromatic rings. The van der Waals surface area contributed by atoms with Crippen LogP contribution in [0.1, 0.15) is 46.5 Å². The van der Waals surface area contributed by atoms with Gasteiger partial charge in [0.1, 0.15) is 17.2 Å². The highest BCUT2D eigenvalue weighted by atomic mass is 32.1. The summed E-state index contributed by atoms with van der Waals surface area (Å²) < 4.78 is 1.53. The van der Waals surface area contributed by atoms with Crippen molar-refractivity contribution >= 4 is 28.3 Å². The molecule has 0 unspecified atom stereocenters. The molecule has 3 aromatic heterocycles. The SMILES string of the molecule is Cc1sc(-n2cnnn2)c(C(=O)N[C@H](c2nc3ccccc3[nH]2)C(C)C)c1C. The number of amides is 1. The molecule has 0 fully saturated rings. The molecule has 0 saturated carbocycles. The van der Waals surface area contributed by atoms with Crippen molar-refractivity contribution in [3.05, 3.63) is 52.4 Å². The minimum absolute atomic E-state index is 0.154. The van der Waals surface area contributed by atoms with Crippen molar-refractivity contribution in [2.45, 2.75) is 33.7 Å². The van der Waals surface area contributed by atoms with E-state index in [1.54, 1.807) is 0 Å². The van der Waals surface area contributed by atoms with E-state index in [0.29, 0.717) is 10.6 Å². The van der Waals surface area contributed by atoms with E-state index in [2.05, 4.69) is 44.7 Å². The molecular formula is C19H21N7OS. The van der Waals surface area contributed by atoms with Crippen LogP contribution in [0.5, 0.6) is 0 Å². The fourth-order valence-corrected chi connectivity index (χ4v) is 4.25. The maximum atomic E-state index is 13.3. The molecule has 1 atom stereocenters. The summed E-state index contributed by atoms with van der Waals surface area (Å²) in [7, 11) is 0.